The van der Waals surface area contributed by atoms with Crippen LogP contribution in [-0.4, -0.2) is 44.0 Å². The van der Waals surface area contributed by atoms with Crippen LogP contribution in [0.5, 0.6) is 0 Å². The van der Waals surface area contributed by atoms with Gasteiger partial charge in [-0.2, -0.15) is 4.31 Å². The smallest absolute Gasteiger partial charge is 0.235 e. The molecular formula is C14H24N2O3S. The van der Waals surface area contributed by atoms with E-state index in [1.807, 2.05) is 0 Å². The number of rotatable bonds is 4. The van der Waals surface area contributed by atoms with Crippen LogP contribution in [0.25, 0.3) is 0 Å². The van der Waals surface area contributed by atoms with Gasteiger partial charge in [-0.15, -0.1) is 0 Å². The van der Waals surface area contributed by atoms with Crippen LogP contribution in [0.15, 0.2) is 0 Å². The molecule has 0 unspecified atom stereocenters. The van der Waals surface area contributed by atoms with E-state index in [-0.39, 0.29) is 18.0 Å². The van der Waals surface area contributed by atoms with Gasteiger partial charge in [0.1, 0.15) is 0 Å². The average Bonchev–Trinajstić information content (AvgIpc) is 2.23. The maximum atomic E-state index is 12.2. The zero-order chi connectivity index (χ0) is 14.5. The Hall–Kier alpha value is -0.620. The van der Waals surface area contributed by atoms with E-state index in [0.29, 0.717) is 0 Å². The van der Waals surface area contributed by atoms with E-state index in [1.165, 1.54) is 26.3 Å². The highest BCUT2D eigenvalue weighted by Gasteiger charge is 2.51. The van der Waals surface area contributed by atoms with Crippen molar-refractivity contribution in [2.45, 2.75) is 44.1 Å². The summed E-state index contributed by atoms with van der Waals surface area (Å²) in [5.41, 5.74) is -0.0375. The molecule has 4 fully saturated rings. The van der Waals surface area contributed by atoms with Gasteiger partial charge in [-0.25, -0.2) is 8.42 Å². The van der Waals surface area contributed by atoms with E-state index in [4.69, 9.17) is 0 Å². The molecule has 0 spiro atoms. The summed E-state index contributed by atoms with van der Waals surface area (Å²) in [4.78, 5) is 12.2. The van der Waals surface area contributed by atoms with Crippen molar-refractivity contribution in [2.75, 3.05) is 19.8 Å². The SMILES string of the molecule is CN(CC(=O)NC12CC3CC(CC(C3)C1)C2)S(C)(=O)=O. The van der Waals surface area contributed by atoms with Crippen molar-refractivity contribution in [3.8, 4) is 0 Å². The number of carbonyl (C=O) groups excluding carboxylic acids is 1. The molecule has 0 aromatic rings. The van der Waals surface area contributed by atoms with Crippen molar-refractivity contribution in [1.82, 2.24) is 9.62 Å². The predicted molar refractivity (Wildman–Crippen MR) is 76.5 cm³/mol. The summed E-state index contributed by atoms with van der Waals surface area (Å²) in [5, 5.41) is 3.18. The fraction of sp³-hybridized carbons (Fsp3) is 0.929. The minimum absolute atomic E-state index is 0.0375. The number of nitrogens with zero attached hydrogens (tertiary/aromatic N) is 1. The Kier molecular flexibility index (Phi) is 3.36. The van der Waals surface area contributed by atoms with Crippen LogP contribution in [0.1, 0.15) is 38.5 Å². The number of hydrogen-bond acceptors (Lipinski definition) is 3. The van der Waals surface area contributed by atoms with E-state index in [9.17, 15) is 13.2 Å². The molecule has 0 atom stereocenters. The molecule has 20 heavy (non-hydrogen) atoms. The molecule has 6 heteroatoms. The van der Waals surface area contributed by atoms with Gasteiger partial charge in [0.15, 0.2) is 0 Å². The molecule has 0 saturated heterocycles. The third-order valence-electron chi connectivity index (χ3n) is 5.38. The monoisotopic (exact) mass is 300 g/mol. The van der Waals surface area contributed by atoms with Crippen LogP contribution in [0.4, 0.5) is 0 Å². The van der Waals surface area contributed by atoms with Crippen molar-refractivity contribution in [3.05, 3.63) is 0 Å². The number of sulfonamides is 1. The highest BCUT2D eigenvalue weighted by molar-refractivity contribution is 7.88. The molecule has 4 saturated carbocycles. The molecular weight excluding hydrogens is 276 g/mol. The van der Waals surface area contributed by atoms with Gasteiger partial charge in [0.05, 0.1) is 12.8 Å². The molecule has 0 aromatic carbocycles. The lowest BCUT2D eigenvalue weighted by atomic mass is 9.53. The maximum absolute atomic E-state index is 12.2. The quantitative estimate of drug-likeness (QED) is 0.841. The van der Waals surface area contributed by atoms with Crippen LogP contribution in [0, 0.1) is 17.8 Å². The van der Waals surface area contributed by atoms with E-state index >= 15 is 0 Å². The van der Waals surface area contributed by atoms with Gasteiger partial charge in [0, 0.05) is 12.6 Å². The van der Waals surface area contributed by atoms with Gasteiger partial charge in [0.2, 0.25) is 15.9 Å². The Morgan fingerprint density at radius 1 is 1.15 bits per heavy atom. The number of nitrogens with one attached hydrogen (secondary N) is 1. The van der Waals surface area contributed by atoms with Crippen molar-refractivity contribution >= 4 is 15.9 Å². The lowest BCUT2D eigenvalue weighted by Crippen LogP contribution is -2.61. The first-order chi connectivity index (χ1) is 9.26. The van der Waals surface area contributed by atoms with Crippen LogP contribution in [0.3, 0.4) is 0 Å². The Bertz CT molecular complexity index is 479. The van der Waals surface area contributed by atoms with Gasteiger partial charge < -0.3 is 5.32 Å². The van der Waals surface area contributed by atoms with Gasteiger partial charge >= 0.3 is 0 Å². The molecule has 0 aromatic heterocycles. The fourth-order valence-corrected chi connectivity index (χ4v) is 5.27. The fourth-order valence-electron chi connectivity index (χ4n) is 4.92. The highest BCUT2D eigenvalue weighted by Crippen LogP contribution is 2.55. The third-order valence-corrected chi connectivity index (χ3v) is 6.64. The second-order valence-electron chi connectivity index (χ2n) is 7.27. The number of amides is 1. The molecule has 0 radical (unpaired) electrons. The van der Waals surface area contributed by atoms with Crippen LogP contribution in [0.2, 0.25) is 0 Å². The van der Waals surface area contributed by atoms with Crippen molar-refractivity contribution in [2.24, 2.45) is 17.8 Å². The lowest BCUT2D eigenvalue weighted by Gasteiger charge is -2.57. The number of hydrogen-bond donors (Lipinski definition) is 1. The molecule has 4 rings (SSSR count). The Labute approximate surface area is 121 Å². The molecule has 5 nitrogen and oxygen atoms in total. The van der Waals surface area contributed by atoms with Crippen molar-refractivity contribution in [3.63, 3.8) is 0 Å². The Morgan fingerprint density at radius 3 is 2.00 bits per heavy atom. The summed E-state index contributed by atoms with van der Waals surface area (Å²) in [6.45, 7) is -0.0689. The van der Waals surface area contributed by atoms with Crippen molar-refractivity contribution in [1.29, 1.82) is 0 Å². The summed E-state index contributed by atoms with van der Waals surface area (Å²) >= 11 is 0. The number of likely N-dealkylation sites (N-methyl/N-ethyl adjacent to an activating group) is 1. The summed E-state index contributed by atoms with van der Waals surface area (Å²) in [7, 11) is -1.84. The molecule has 4 aliphatic rings. The normalized spacial score (nSPS) is 39.2. The molecule has 4 aliphatic carbocycles. The topological polar surface area (TPSA) is 66.5 Å². The molecule has 1 N–H and O–H groups in total. The standard InChI is InChI=1S/C14H24N2O3S/c1-16(20(2,18)19)9-13(17)15-14-6-10-3-11(7-14)5-12(4-10)8-14/h10-12H,3-9H2,1-2H3,(H,15,17). The Balaban J connectivity index is 1.64. The predicted octanol–water partition coefficient (Wildman–Crippen LogP) is 0.963. The number of carbonyl (C=O) groups is 1. The highest BCUT2D eigenvalue weighted by atomic mass is 32.2. The minimum Gasteiger partial charge on any atom is -0.349 e. The van der Waals surface area contributed by atoms with Crippen LogP contribution < -0.4 is 5.32 Å². The van der Waals surface area contributed by atoms with E-state index in [2.05, 4.69) is 5.32 Å². The summed E-state index contributed by atoms with van der Waals surface area (Å²) in [5.74, 6) is 2.16. The van der Waals surface area contributed by atoms with Gasteiger partial charge in [-0.1, -0.05) is 0 Å². The molecule has 0 aliphatic heterocycles. The summed E-state index contributed by atoms with van der Waals surface area (Å²) < 4.78 is 23.9. The van der Waals surface area contributed by atoms with Crippen LogP contribution >= 0.6 is 0 Å². The van der Waals surface area contributed by atoms with Gasteiger partial charge in [-0.3, -0.25) is 4.79 Å². The summed E-state index contributed by atoms with van der Waals surface area (Å²) in [6, 6.07) is 0. The third kappa shape index (κ3) is 2.72. The lowest BCUT2D eigenvalue weighted by molar-refractivity contribution is -0.126. The van der Waals surface area contributed by atoms with E-state index < -0.39 is 10.0 Å². The molecule has 114 valence electrons. The average molecular weight is 300 g/mol. The maximum Gasteiger partial charge on any atom is 0.235 e. The van der Waals surface area contributed by atoms with Crippen molar-refractivity contribution < 1.29 is 13.2 Å². The van der Waals surface area contributed by atoms with E-state index in [1.54, 1.807) is 0 Å². The van der Waals surface area contributed by atoms with Gasteiger partial charge in [0.25, 0.3) is 0 Å². The first-order valence-corrected chi connectivity index (χ1v) is 9.33. The van der Waals surface area contributed by atoms with Crippen LogP contribution in [-0.2, 0) is 14.8 Å². The zero-order valence-electron chi connectivity index (χ0n) is 12.3. The molecule has 0 heterocycles. The summed E-state index contributed by atoms with van der Waals surface area (Å²) in [6.07, 6.45) is 8.40. The Morgan fingerprint density at radius 2 is 1.60 bits per heavy atom. The minimum atomic E-state index is -3.29. The van der Waals surface area contributed by atoms with Gasteiger partial charge in [-0.05, 0) is 56.3 Å². The first kappa shape index (κ1) is 14.3. The second kappa shape index (κ2) is 4.70. The first-order valence-electron chi connectivity index (χ1n) is 7.48. The van der Waals surface area contributed by atoms with E-state index in [0.717, 1.165) is 47.6 Å². The molecule has 4 bridgehead atoms. The largest absolute Gasteiger partial charge is 0.349 e. The molecule has 1 amide bonds. The second-order valence-corrected chi connectivity index (χ2v) is 9.35. The zero-order valence-corrected chi connectivity index (χ0v) is 13.1.